The van der Waals surface area contributed by atoms with Gasteiger partial charge in [-0.3, -0.25) is 4.79 Å². The number of amides is 1. The Hall–Kier alpha value is -1.65. The van der Waals surface area contributed by atoms with Crippen molar-refractivity contribution < 1.29 is 9.53 Å². The number of halogens is 1. The Labute approximate surface area is 159 Å². The molecule has 134 valence electrons. The van der Waals surface area contributed by atoms with Gasteiger partial charge in [-0.1, -0.05) is 24.6 Å². The average Bonchev–Trinajstić information content (AvgIpc) is 2.61. The highest BCUT2D eigenvalue weighted by molar-refractivity contribution is 7.99. The van der Waals surface area contributed by atoms with Gasteiger partial charge in [-0.25, -0.2) is 0 Å². The third-order valence-electron chi connectivity index (χ3n) is 3.90. The number of hydrogen-bond acceptors (Lipinski definition) is 3. The molecule has 1 atom stereocenters. The van der Waals surface area contributed by atoms with Gasteiger partial charge in [-0.05, 0) is 67.8 Å². The topological polar surface area (TPSA) is 38.3 Å². The molecule has 1 N–H and O–H groups in total. The van der Waals surface area contributed by atoms with Crippen LogP contribution in [0.1, 0.15) is 24.5 Å². The molecule has 5 heteroatoms. The molecule has 3 nitrogen and oxygen atoms in total. The highest BCUT2D eigenvalue weighted by Crippen LogP contribution is 2.20. The van der Waals surface area contributed by atoms with Crippen molar-refractivity contribution in [1.82, 2.24) is 5.32 Å². The summed E-state index contributed by atoms with van der Waals surface area (Å²) < 4.78 is 5.86. The van der Waals surface area contributed by atoms with Gasteiger partial charge in [0, 0.05) is 22.2 Å². The van der Waals surface area contributed by atoms with Gasteiger partial charge in [0.05, 0.1) is 0 Å². The number of rotatable bonds is 8. The largest absolute Gasteiger partial charge is 0.481 e. The van der Waals surface area contributed by atoms with Gasteiger partial charge in [0.1, 0.15) is 5.75 Å². The maximum atomic E-state index is 12.3. The molecule has 0 aliphatic carbocycles. The highest BCUT2D eigenvalue weighted by Gasteiger charge is 2.18. The quantitative estimate of drug-likeness (QED) is 0.518. The Bertz CT molecular complexity index is 703. The first-order valence-electron chi connectivity index (χ1n) is 8.39. The van der Waals surface area contributed by atoms with Crippen molar-refractivity contribution in [2.75, 3.05) is 12.3 Å². The van der Waals surface area contributed by atoms with Crippen LogP contribution in [0.25, 0.3) is 0 Å². The second-order valence-corrected chi connectivity index (χ2v) is 7.46. The Kier molecular flexibility index (Phi) is 7.66. The minimum absolute atomic E-state index is 0.0718. The number of carbonyl (C=O) groups excluding carboxylic acids is 1. The van der Waals surface area contributed by atoms with Crippen LogP contribution in [-0.4, -0.2) is 24.3 Å². The number of benzene rings is 2. The van der Waals surface area contributed by atoms with E-state index in [4.69, 9.17) is 16.3 Å². The first-order valence-corrected chi connectivity index (χ1v) is 9.76. The zero-order valence-electron chi connectivity index (χ0n) is 14.8. The van der Waals surface area contributed by atoms with Crippen molar-refractivity contribution >= 4 is 29.3 Å². The monoisotopic (exact) mass is 377 g/mol. The third-order valence-corrected chi connectivity index (χ3v) is 5.17. The predicted molar refractivity (Wildman–Crippen MR) is 106 cm³/mol. The van der Waals surface area contributed by atoms with Crippen LogP contribution in [0.2, 0.25) is 5.02 Å². The summed E-state index contributed by atoms with van der Waals surface area (Å²) in [6.07, 6.45) is 0.158. The molecule has 0 aliphatic heterocycles. The summed E-state index contributed by atoms with van der Waals surface area (Å²) in [5.74, 6) is 1.46. The first-order chi connectivity index (χ1) is 12.0. The van der Waals surface area contributed by atoms with E-state index >= 15 is 0 Å². The zero-order chi connectivity index (χ0) is 18.2. The van der Waals surface area contributed by atoms with Crippen molar-refractivity contribution in [2.45, 2.75) is 38.2 Å². The molecular formula is C20H24ClNO2S. The lowest BCUT2D eigenvalue weighted by Crippen LogP contribution is -2.39. The Morgan fingerprint density at radius 3 is 2.52 bits per heavy atom. The maximum Gasteiger partial charge on any atom is 0.261 e. The molecule has 0 saturated heterocycles. The van der Waals surface area contributed by atoms with Crippen LogP contribution in [0.15, 0.2) is 47.4 Å². The summed E-state index contributed by atoms with van der Waals surface area (Å²) in [7, 11) is 0. The van der Waals surface area contributed by atoms with E-state index in [0.29, 0.717) is 13.0 Å². The summed E-state index contributed by atoms with van der Waals surface area (Å²) in [6.45, 7) is 6.64. The highest BCUT2D eigenvalue weighted by atomic mass is 35.5. The molecule has 2 aromatic rings. The summed E-state index contributed by atoms with van der Waals surface area (Å²) in [6, 6.07) is 13.6. The number of hydrogen-bond donors (Lipinski definition) is 1. The van der Waals surface area contributed by atoms with E-state index in [1.54, 1.807) is 11.8 Å². The molecule has 0 spiro atoms. The van der Waals surface area contributed by atoms with Crippen LogP contribution in [0, 0.1) is 13.8 Å². The van der Waals surface area contributed by atoms with E-state index < -0.39 is 6.10 Å². The van der Waals surface area contributed by atoms with E-state index in [1.165, 1.54) is 5.56 Å². The van der Waals surface area contributed by atoms with Gasteiger partial charge < -0.3 is 10.1 Å². The molecule has 0 bridgehead atoms. The van der Waals surface area contributed by atoms with Gasteiger partial charge in [0.25, 0.3) is 5.91 Å². The van der Waals surface area contributed by atoms with Crippen LogP contribution < -0.4 is 10.1 Å². The molecule has 25 heavy (non-hydrogen) atoms. The standard InChI is InChI=1S/C20H24ClNO2S/c1-4-19(24-17-8-5-14(2)15(3)13-17)20(23)22-11-12-25-18-9-6-16(21)7-10-18/h5-10,13,19H,4,11-12H2,1-3H3,(H,22,23)/t19-/m0/s1. The van der Waals surface area contributed by atoms with Crippen LogP contribution >= 0.6 is 23.4 Å². The van der Waals surface area contributed by atoms with E-state index in [1.807, 2.05) is 56.3 Å². The van der Waals surface area contributed by atoms with Gasteiger partial charge in [0.2, 0.25) is 0 Å². The number of ether oxygens (including phenoxy) is 1. The molecular weight excluding hydrogens is 354 g/mol. The van der Waals surface area contributed by atoms with Gasteiger partial charge in [0.15, 0.2) is 6.10 Å². The fourth-order valence-corrected chi connectivity index (χ4v) is 3.16. The second kappa shape index (κ2) is 9.73. The van der Waals surface area contributed by atoms with Crippen LogP contribution in [-0.2, 0) is 4.79 Å². The summed E-state index contributed by atoms with van der Waals surface area (Å²) in [5.41, 5.74) is 2.37. The predicted octanol–water partition coefficient (Wildman–Crippen LogP) is 5.02. The molecule has 0 fully saturated rings. The second-order valence-electron chi connectivity index (χ2n) is 5.85. The summed E-state index contributed by atoms with van der Waals surface area (Å²) in [5, 5.41) is 3.68. The minimum Gasteiger partial charge on any atom is -0.481 e. The lowest BCUT2D eigenvalue weighted by molar-refractivity contribution is -0.127. The van der Waals surface area contributed by atoms with Gasteiger partial charge in [-0.2, -0.15) is 0 Å². The molecule has 2 aromatic carbocycles. The van der Waals surface area contributed by atoms with E-state index in [0.717, 1.165) is 27.0 Å². The van der Waals surface area contributed by atoms with Gasteiger partial charge in [-0.15, -0.1) is 11.8 Å². The number of carbonyl (C=O) groups is 1. The maximum absolute atomic E-state index is 12.3. The number of nitrogens with one attached hydrogen (secondary N) is 1. The number of thioether (sulfide) groups is 1. The average molecular weight is 378 g/mol. The van der Waals surface area contributed by atoms with E-state index in [-0.39, 0.29) is 5.91 Å². The van der Waals surface area contributed by atoms with Gasteiger partial charge >= 0.3 is 0 Å². The van der Waals surface area contributed by atoms with E-state index in [9.17, 15) is 4.79 Å². The fraction of sp³-hybridized carbons (Fsp3) is 0.350. The van der Waals surface area contributed by atoms with Crippen molar-refractivity contribution in [1.29, 1.82) is 0 Å². The molecule has 1 amide bonds. The molecule has 0 unspecified atom stereocenters. The van der Waals surface area contributed by atoms with Crippen LogP contribution in [0.3, 0.4) is 0 Å². The first kappa shape index (κ1) is 19.7. The molecule has 0 aliphatic rings. The van der Waals surface area contributed by atoms with E-state index in [2.05, 4.69) is 12.2 Å². The smallest absolute Gasteiger partial charge is 0.261 e. The van der Waals surface area contributed by atoms with Crippen LogP contribution in [0.5, 0.6) is 5.75 Å². The number of aryl methyl sites for hydroxylation is 2. The fourth-order valence-electron chi connectivity index (χ4n) is 2.26. The van der Waals surface area contributed by atoms with Crippen molar-refractivity contribution in [3.05, 3.63) is 58.6 Å². The minimum atomic E-state index is -0.470. The lowest BCUT2D eigenvalue weighted by atomic mass is 10.1. The molecule has 0 aromatic heterocycles. The lowest BCUT2D eigenvalue weighted by Gasteiger charge is -2.18. The van der Waals surface area contributed by atoms with Crippen molar-refractivity contribution in [3.63, 3.8) is 0 Å². The Balaban J connectivity index is 1.79. The molecule has 0 heterocycles. The summed E-state index contributed by atoms with van der Waals surface area (Å²) >= 11 is 7.55. The molecule has 2 rings (SSSR count). The zero-order valence-corrected chi connectivity index (χ0v) is 16.4. The van der Waals surface area contributed by atoms with Crippen LogP contribution in [0.4, 0.5) is 0 Å². The Morgan fingerprint density at radius 2 is 1.88 bits per heavy atom. The van der Waals surface area contributed by atoms with Crippen molar-refractivity contribution in [2.24, 2.45) is 0 Å². The normalized spacial score (nSPS) is 11.8. The molecule has 0 radical (unpaired) electrons. The Morgan fingerprint density at radius 1 is 1.16 bits per heavy atom. The molecule has 0 saturated carbocycles. The van der Waals surface area contributed by atoms with Crippen molar-refractivity contribution in [3.8, 4) is 5.75 Å². The SMILES string of the molecule is CC[C@H](Oc1ccc(C)c(C)c1)C(=O)NCCSc1ccc(Cl)cc1. The summed E-state index contributed by atoms with van der Waals surface area (Å²) in [4.78, 5) is 13.5. The third kappa shape index (κ3) is 6.29.